The van der Waals surface area contributed by atoms with Gasteiger partial charge >= 0.3 is 0 Å². The Morgan fingerprint density at radius 1 is 0.865 bits per heavy atom. The number of rotatable bonds is 10. The highest BCUT2D eigenvalue weighted by Crippen LogP contribution is 2.31. The van der Waals surface area contributed by atoms with Gasteiger partial charge < -0.3 is 19.7 Å². The van der Waals surface area contributed by atoms with Gasteiger partial charge in [0.25, 0.3) is 0 Å². The molecule has 4 rings (SSSR count). The number of hydrogen-bond donors (Lipinski definition) is 1. The van der Waals surface area contributed by atoms with E-state index in [4.69, 9.17) is 9.47 Å². The smallest absolute Gasteiger partial charge is 0.243 e. The monoisotopic (exact) mass is 500 g/mol. The van der Waals surface area contributed by atoms with E-state index in [1.54, 1.807) is 4.90 Å². The number of nitrogens with zero attached hydrogens (tertiary/aromatic N) is 1. The maximum absolute atomic E-state index is 13.8. The SMILES string of the molecule is Cc1ccc(CN(C(=O)CCc2ccc3c(c2)OCCO3)[C@H](Cc2ccccc2)C(=O)NC(C)C)cc1. The Morgan fingerprint density at radius 2 is 1.54 bits per heavy atom. The Labute approximate surface area is 219 Å². The van der Waals surface area contributed by atoms with Crippen molar-refractivity contribution in [2.45, 2.75) is 58.7 Å². The molecule has 0 fully saturated rings. The molecule has 1 aliphatic heterocycles. The molecule has 6 heteroatoms. The second-order valence-electron chi connectivity index (χ2n) is 9.85. The molecule has 0 saturated carbocycles. The molecule has 1 atom stereocenters. The van der Waals surface area contributed by atoms with Crippen molar-refractivity contribution in [3.63, 3.8) is 0 Å². The van der Waals surface area contributed by atoms with E-state index in [0.29, 0.717) is 38.3 Å². The summed E-state index contributed by atoms with van der Waals surface area (Å²) in [6, 6.07) is 23.1. The molecule has 3 aromatic carbocycles. The number of aryl methyl sites for hydroxylation is 2. The normalized spacial score (nSPS) is 13.2. The van der Waals surface area contributed by atoms with Crippen molar-refractivity contribution in [3.05, 3.63) is 95.1 Å². The standard InChI is InChI=1S/C31H36N2O4/c1-22(2)32-31(35)27(19-24-7-5-4-6-8-24)33(21-26-11-9-23(3)10-12-26)30(34)16-14-25-13-15-28-29(20-25)37-18-17-36-28/h4-13,15,20,22,27H,14,16-19,21H2,1-3H3,(H,32,35)/t27-/m1/s1. The molecule has 0 aromatic heterocycles. The first-order valence-electron chi connectivity index (χ1n) is 13.0. The molecule has 0 bridgehead atoms. The highest BCUT2D eigenvalue weighted by atomic mass is 16.6. The van der Waals surface area contributed by atoms with Gasteiger partial charge in [-0.2, -0.15) is 0 Å². The Balaban J connectivity index is 1.58. The molecule has 0 spiro atoms. The summed E-state index contributed by atoms with van der Waals surface area (Å²) in [5, 5.41) is 3.04. The van der Waals surface area contributed by atoms with E-state index >= 15 is 0 Å². The minimum atomic E-state index is -0.626. The third kappa shape index (κ3) is 7.35. The zero-order chi connectivity index (χ0) is 26.2. The summed E-state index contributed by atoms with van der Waals surface area (Å²) in [7, 11) is 0. The van der Waals surface area contributed by atoms with Crippen molar-refractivity contribution in [2.75, 3.05) is 13.2 Å². The van der Waals surface area contributed by atoms with E-state index < -0.39 is 6.04 Å². The van der Waals surface area contributed by atoms with E-state index in [9.17, 15) is 9.59 Å². The van der Waals surface area contributed by atoms with Crippen LogP contribution in [0, 0.1) is 6.92 Å². The van der Waals surface area contributed by atoms with Gasteiger partial charge in [-0.25, -0.2) is 0 Å². The molecule has 1 aliphatic rings. The van der Waals surface area contributed by atoms with Crippen LogP contribution in [0.25, 0.3) is 0 Å². The van der Waals surface area contributed by atoms with Gasteiger partial charge in [0.1, 0.15) is 19.3 Å². The van der Waals surface area contributed by atoms with Crippen molar-refractivity contribution in [1.29, 1.82) is 0 Å². The summed E-state index contributed by atoms with van der Waals surface area (Å²) in [5.41, 5.74) is 4.16. The molecular weight excluding hydrogens is 464 g/mol. The molecule has 6 nitrogen and oxygen atoms in total. The van der Waals surface area contributed by atoms with Crippen LogP contribution < -0.4 is 14.8 Å². The number of benzene rings is 3. The lowest BCUT2D eigenvalue weighted by atomic mass is 10.0. The number of nitrogens with one attached hydrogen (secondary N) is 1. The van der Waals surface area contributed by atoms with Gasteiger partial charge in [-0.15, -0.1) is 0 Å². The fraction of sp³-hybridized carbons (Fsp3) is 0.355. The van der Waals surface area contributed by atoms with E-state index in [1.165, 1.54) is 0 Å². The second-order valence-corrected chi connectivity index (χ2v) is 9.85. The van der Waals surface area contributed by atoms with E-state index in [0.717, 1.165) is 28.0 Å². The van der Waals surface area contributed by atoms with Gasteiger partial charge in [-0.1, -0.05) is 66.2 Å². The average molecular weight is 501 g/mol. The molecule has 1 N–H and O–H groups in total. The van der Waals surface area contributed by atoms with Crippen molar-refractivity contribution in [2.24, 2.45) is 0 Å². The Hall–Kier alpha value is -3.80. The first-order valence-corrected chi connectivity index (χ1v) is 13.0. The third-order valence-electron chi connectivity index (χ3n) is 6.41. The maximum atomic E-state index is 13.8. The van der Waals surface area contributed by atoms with Gasteiger partial charge in [-0.05, 0) is 56.0 Å². The van der Waals surface area contributed by atoms with Crippen LogP contribution in [-0.2, 0) is 29.0 Å². The van der Waals surface area contributed by atoms with Crippen molar-refractivity contribution < 1.29 is 19.1 Å². The minimum Gasteiger partial charge on any atom is -0.486 e. The van der Waals surface area contributed by atoms with Crippen LogP contribution in [0.2, 0.25) is 0 Å². The highest BCUT2D eigenvalue weighted by molar-refractivity contribution is 5.88. The predicted octanol–water partition coefficient (Wildman–Crippen LogP) is 4.86. The van der Waals surface area contributed by atoms with Crippen LogP contribution in [0.4, 0.5) is 0 Å². The summed E-state index contributed by atoms with van der Waals surface area (Å²) < 4.78 is 11.3. The van der Waals surface area contributed by atoms with Gasteiger partial charge in [0.15, 0.2) is 11.5 Å². The van der Waals surface area contributed by atoms with Crippen LogP contribution in [0.5, 0.6) is 11.5 Å². The van der Waals surface area contributed by atoms with Gasteiger partial charge in [0.05, 0.1) is 0 Å². The zero-order valence-corrected chi connectivity index (χ0v) is 21.9. The quantitative estimate of drug-likeness (QED) is 0.432. The van der Waals surface area contributed by atoms with Crippen molar-refractivity contribution >= 4 is 11.8 Å². The topological polar surface area (TPSA) is 67.9 Å². The van der Waals surface area contributed by atoms with E-state index in [2.05, 4.69) is 5.32 Å². The molecular formula is C31H36N2O4. The predicted molar refractivity (Wildman–Crippen MR) is 145 cm³/mol. The molecule has 37 heavy (non-hydrogen) atoms. The lowest BCUT2D eigenvalue weighted by Gasteiger charge is -2.32. The summed E-state index contributed by atoms with van der Waals surface area (Å²) in [6.45, 7) is 7.33. The minimum absolute atomic E-state index is 0.0279. The first-order chi connectivity index (χ1) is 17.9. The fourth-order valence-corrected chi connectivity index (χ4v) is 4.46. The highest BCUT2D eigenvalue weighted by Gasteiger charge is 2.30. The first kappa shape index (κ1) is 26.3. The lowest BCUT2D eigenvalue weighted by Crippen LogP contribution is -2.51. The molecule has 0 unspecified atom stereocenters. The van der Waals surface area contributed by atoms with Gasteiger partial charge in [0, 0.05) is 25.4 Å². The third-order valence-corrected chi connectivity index (χ3v) is 6.41. The number of amides is 2. The average Bonchev–Trinajstić information content (AvgIpc) is 2.90. The molecule has 194 valence electrons. The van der Waals surface area contributed by atoms with Crippen LogP contribution in [0.1, 0.15) is 42.5 Å². The summed E-state index contributed by atoms with van der Waals surface area (Å²) in [5.74, 6) is 1.25. The molecule has 0 radical (unpaired) electrons. The molecule has 1 heterocycles. The van der Waals surface area contributed by atoms with Crippen LogP contribution in [0.15, 0.2) is 72.8 Å². The van der Waals surface area contributed by atoms with Gasteiger partial charge in [0.2, 0.25) is 11.8 Å². The van der Waals surface area contributed by atoms with Gasteiger partial charge in [-0.3, -0.25) is 9.59 Å². The second kappa shape index (κ2) is 12.4. The summed E-state index contributed by atoms with van der Waals surface area (Å²) >= 11 is 0. The van der Waals surface area contributed by atoms with E-state index in [-0.39, 0.29) is 24.3 Å². The molecule has 0 aliphatic carbocycles. The number of hydrogen-bond acceptors (Lipinski definition) is 4. The summed E-state index contributed by atoms with van der Waals surface area (Å²) in [6.07, 6.45) is 1.27. The zero-order valence-electron chi connectivity index (χ0n) is 21.9. The van der Waals surface area contributed by atoms with Crippen molar-refractivity contribution in [1.82, 2.24) is 10.2 Å². The largest absolute Gasteiger partial charge is 0.486 e. The molecule has 2 amide bonds. The Bertz CT molecular complexity index is 1190. The van der Waals surface area contributed by atoms with Crippen LogP contribution in [0.3, 0.4) is 0 Å². The molecule has 3 aromatic rings. The van der Waals surface area contributed by atoms with E-state index in [1.807, 2.05) is 93.6 Å². The number of fused-ring (bicyclic) bond motifs is 1. The number of carbonyl (C=O) groups excluding carboxylic acids is 2. The lowest BCUT2D eigenvalue weighted by molar-refractivity contribution is -0.141. The van der Waals surface area contributed by atoms with Crippen LogP contribution >= 0.6 is 0 Å². The summed E-state index contributed by atoms with van der Waals surface area (Å²) in [4.78, 5) is 29.0. The van der Waals surface area contributed by atoms with Crippen LogP contribution in [-0.4, -0.2) is 42.0 Å². The Kier molecular flexibility index (Phi) is 8.83. The number of carbonyl (C=O) groups is 2. The maximum Gasteiger partial charge on any atom is 0.243 e. The van der Waals surface area contributed by atoms with Crippen molar-refractivity contribution in [3.8, 4) is 11.5 Å². The fourth-order valence-electron chi connectivity index (χ4n) is 4.46. The number of ether oxygens (including phenoxy) is 2. The Morgan fingerprint density at radius 3 is 2.24 bits per heavy atom. The molecule has 0 saturated heterocycles.